The molecule has 0 radical (unpaired) electrons. The normalized spacial score (nSPS) is 12.2. The van der Waals surface area contributed by atoms with Gasteiger partial charge in [-0.1, -0.05) is 24.3 Å². The Morgan fingerprint density at radius 1 is 1.17 bits per heavy atom. The summed E-state index contributed by atoms with van der Waals surface area (Å²) in [5.74, 6) is -0.676. The van der Waals surface area contributed by atoms with Gasteiger partial charge in [-0.15, -0.1) is 0 Å². The average Bonchev–Trinajstić information content (AvgIpc) is 2.98. The van der Waals surface area contributed by atoms with Gasteiger partial charge in [0.25, 0.3) is 0 Å². The minimum atomic E-state index is -0.436. The first-order valence-electron chi connectivity index (χ1n) is 9.65. The van der Waals surface area contributed by atoms with E-state index in [0.29, 0.717) is 6.54 Å². The number of likely N-dealkylation sites (N-methyl/N-ethyl adjacent to an activating group) is 1. The van der Waals surface area contributed by atoms with Crippen molar-refractivity contribution in [3.8, 4) is 5.69 Å². The van der Waals surface area contributed by atoms with Crippen LogP contribution in [0.4, 0.5) is 10.1 Å². The highest BCUT2D eigenvalue weighted by Crippen LogP contribution is 2.21. The molecule has 1 heterocycles. The van der Waals surface area contributed by atoms with Crippen LogP contribution in [0.15, 0.2) is 48.5 Å². The van der Waals surface area contributed by atoms with Crippen LogP contribution in [0.25, 0.3) is 5.69 Å². The monoisotopic (exact) mass is 394 g/mol. The summed E-state index contributed by atoms with van der Waals surface area (Å²) in [7, 11) is 1.88. The Bertz CT molecular complexity index is 1010. The first-order chi connectivity index (χ1) is 13.8. The van der Waals surface area contributed by atoms with E-state index in [0.717, 1.165) is 28.2 Å². The molecule has 5 nitrogen and oxygen atoms in total. The molecule has 152 valence electrons. The zero-order valence-corrected chi connectivity index (χ0v) is 17.5. The largest absolute Gasteiger partial charge is 0.322 e. The van der Waals surface area contributed by atoms with Gasteiger partial charge in [-0.05, 0) is 64.6 Å². The van der Waals surface area contributed by atoms with Crippen LogP contribution in [0.3, 0.4) is 0 Å². The standard InChI is InChI=1S/C23H27FN4O/c1-15-11-12-22(21(24)13-15)25-23(29)18(4)27(5)14-20-16(2)26-28(17(20)3)19-9-7-6-8-10-19/h6-13,18H,14H2,1-5H3,(H,25,29). The topological polar surface area (TPSA) is 50.2 Å². The lowest BCUT2D eigenvalue weighted by molar-refractivity contribution is -0.120. The van der Waals surface area contributed by atoms with Crippen molar-refractivity contribution in [1.82, 2.24) is 14.7 Å². The van der Waals surface area contributed by atoms with Crippen molar-refractivity contribution in [3.63, 3.8) is 0 Å². The minimum absolute atomic E-state index is 0.199. The smallest absolute Gasteiger partial charge is 0.241 e. The summed E-state index contributed by atoms with van der Waals surface area (Å²) < 4.78 is 16.0. The SMILES string of the molecule is Cc1ccc(NC(=O)C(C)N(C)Cc2c(C)nn(-c3ccccc3)c2C)c(F)c1. The third-order valence-electron chi connectivity index (χ3n) is 5.27. The summed E-state index contributed by atoms with van der Waals surface area (Å²) in [4.78, 5) is 14.6. The van der Waals surface area contributed by atoms with Gasteiger partial charge in [-0.25, -0.2) is 9.07 Å². The second kappa shape index (κ2) is 8.57. The van der Waals surface area contributed by atoms with Crippen LogP contribution in [0.5, 0.6) is 0 Å². The molecule has 0 fully saturated rings. The van der Waals surface area contributed by atoms with Gasteiger partial charge in [-0.3, -0.25) is 9.69 Å². The van der Waals surface area contributed by atoms with E-state index in [2.05, 4.69) is 10.4 Å². The lowest BCUT2D eigenvalue weighted by atomic mass is 10.1. The molecule has 3 rings (SSSR count). The Kier molecular flexibility index (Phi) is 6.13. The number of halogens is 1. The Balaban J connectivity index is 1.73. The van der Waals surface area contributed by atoms with Crippen molar-refractivity contribution in [3.05, 3.63) is 76.9 Å². The summed E-state index contributed by atoms with van der Waals surface area (Å²) in [6.07, 6.45) is 0. The number of para-hydroxylation sites is 1. The number of carbonyl (C=O) groups is 1. The lowest BCUT2D eigenvalue weighted by Crippen LogP contribution is -2.39. The summed E-state index contributed by atoms with van der Waals surface area (Å²) in [6.45, 7) is 8.19. The number of hydrogen-bond donors (Lipinski definition) is 1. The Morgan fingerprint density at radius 3 is 2.52 bits per heavy atom. The number of amides is 1. The first kappa shape index (κ1) is 20.7. The van der Waals surface area contributed by atoms with Crippen LogP contribution in [0.2, 0.25) is 0 Å². The molecule has 0 saturated heterocycles. The fourth-order valence-electron chi connectivity index (χ4n) is 3.27. The van der Waals surface area contributed by atoms with Crippen LogP contribution in [-0.4, -0.2) is 33.7 Å². The van der Waals surface area contributed by atoms with Crippen LogP contribution in [0, 0.1) is 26.6 Å². The molecule has 6 heteroatoms. The van der Waals surface area contributed by atoms with Crippen LogP contribution in [0.1, 0.15) is 29.4 Å². The van der Waals surface area contributed by atoms with Gasteiger partial charge >= 0.3 is 0 Å². The average molecular weight is 394 g/mol. The van der Waals surface area contributed by atoms with Crippen LogP contribution in [-0.2, 0) is 11.3 Å². The van der Waals surface area contributed by atoms with Gasteiger partial charge in [0.15, 0.2) is 0 Å². The van der Waals surface area contributed by atoms with Crippen molar-refractivity contribution >= 4 is 11.6 Å². The number of nitrogens with one attached hydrogen (secondary N) is 1. The molecule has 29 heavy (non-hydrogen) atoms. The predicted molar refractivity (Wildman–Crippen MR) is 114 cm³/mol. The molecule has 0 aliphatic rings. The molecule has 1 amide bonds. The van der Waals surface area contributed by atoms with E-state index >= 15 is 0 Å². The summed E-state index contributed by atoms with van der Waals surface area (Å²) >= 11 is 0. The maximum atomic E-state index is 14.1. The van der Waals surface area contributed by atoms with Crippen molar-refractivity contribution in [2.45, 2.75) is 40.3 Å². The number of rotatable bonds is 6. The molecule has 0 spiro atoms. The summed E-state index contributed by atoms with van der Waals surface area (Å²) in [5.41, 5.74) is 5.06. The molecule has 1 atom stereocenters. The van der Waals surface area contributed by atoms with E-state index in [1.54, 1.807) is 12.1 Å². The van der Waals surface area contributed by atoms with E-state index < -0.39 is 11.9 Å². The number of nitrogens with zero attached hydrogens (tertiary/aromatic N) is 3. The van der Waals surface area contributed by atoms with Gasteiger partial charge in [0.2, 0.25) is 5.91 Å². The highest BCUT2D eigenvalue weighted by atomic mass is 19.1. The van der Waals surface area contributed by atoms with Gasteiger partial charge in [-0.2, -0.15) is 5.10 Å². The summed E-state index contributed by atoms with van der Waals surface area (Å²) in [5, 5.41) is 7.35. The highest BCUT2D eigenvalue weighted by molar-refractivity contribution is 5.94. The van der Waals surface area contributed by atoms with E-state index in [1.165, 1.54) is 6.07 Å². The van der Waals surface area contributed by atoms with Crippen LogP contribution >= 0.6 is 0 Å². The Morgan fingerprint density at radius 2 is 1.86 bits per heavy atom. The third kappa shape index (κ3) is 4.54. The molecule has 1 aromatic heterocycles. The number of anilines is 1. The van der Waals surface area contributed by atoms with E-state index in [4.69, 9.17) is 0 Å². The second-order valence-electron chi connectivity index (χ2n) is 7.46. The molecule has 0 bridgehead atoms. The second-order valence-corrected chi connectivity index (χ2v) is 7.46. The molecular weight excluding hydrogens is 367 g/mol. The zero-order valence-electron chi connectivity index (χ0n) is 17.5. The Hall–Kier alpha value is -2.99. The van der Waals surface area contributed by atoms with Gasteiger partial charge in [0.05, 0.1) is 23.1 Å². The highest BCUT2D eigenvalue weighted by Gasteiger charge is 2.22. The number of aromatic nitrogens is 2. The molecule has 0 aliphatic heterocycles. The number of hydrogen-bond acceptors (Lipinski definition) is 3. The first-order valence-corrected chi connectivity index (χ1v) is 9.65. The van der Waals surface area contributed by atoms with Crippen molar-refractivity contribution in [2.75, 3.05) is 12.4 Å². The molecule has 1 unspecified atom stereocenters. The maximum Gasteiger partial charge on any atom is 0.241 e. The van der Waals surface area contributed by atoms with Crippen molar-refractivity contribution < 1.29 is 9.18 Å². The number of carbonyl (C=O) groups excluding carboxylic acids is 1. The van der Waals surface area contributed by atoms with E-state index in [-0.39, 0.29) is 11.6 Å². The van der Waals surface area contributed by atoms with Crippen molar-refractivity contribution in [2.24, 2.45) is 0 Å². The molecule has 2 aromatic carbocycles. The minimum Gasteiger partial charge on any atom is -0.322 e. The zero-order chi connectivity index (χ0) is 21.1. The number of benzene rings is 2. The van der Waals surface area contributed by atoms with Crippen molar-refractivity contribution in [1.29, 1.82) is 0 Å². The molecular formula is C23H27FN4O. The molecule has 0 aliphatic carbocycles. The number of aryl methyl sites for hydroxylation is 2. The molecule has 0 saturated carbocycles. The molecule has 3 aromatic rings. The summed E-state index contributed by atoms with van der Waals surface area (Å²) in [6, 6.07) is 14.3. The fourth-order valence-corrected chi connectivity index (χ4v) is 3.27. The van der Waals surface area contributed by atoms with Crippen LogP contribution < -0.4 is 5.32 Å². The molecule has 1 N–H and O–H groups in total. The van der Waals surface area contributed by atoms with E-state index in [9.17, 15) is 9.18 Å². The maximum absolute atomic E-state index is 14.1. The van der Waals surface area contributed by atoms with Gasteiger partial charge < -0.3 is 5.32 Å². The van der Waals surface area contributed by atoms with E-state index in [1.807, 2.05) is 74.7 Å². The lowest BCUT2D eigenvalue weighted by Gasteiger charge is -2.24. The predicted octanol–water partition coefficient (Wildman–Crippen LogP) is 4.40. The quantitative estimate of drug-likeness (QED) is 0.674. The fraction of sp³-hybridized carbons (Fsp3) is 0.304. The van der Waals surface area contributed by atoms with Gasteiger partial charge in [0, 0.05) is 17.8 Å². The van der Waals surface area contributed by atoms with Gasteiger partial charge in [0.1, 0.15) is 5.82 Å². The third-order valence-corrected chi connectivity index (χ3v) is 5.27. The Labute approximate surface area is 171 Å².